The number of hydrogen-bond acceptors (Lipinski definition) is 5. The van der Waals surface area contributed by atoms with E-state index in [1.807, 2.05) is 6.92 Å². The van der Waals surface area contributed by atoms with Gasteiger partial charge in [0.15, 0.2) is 0 Å². The number of esters is 1. The van der Waals surface area contributed by atoms with Crippen LogP contribution in [0, 0.1) is 0 Å². The molecule has 0 aliphatic carbocycles. The lowest BCUT2D eigenvalue weighted by Gasteiger charge is -2.17. The molecule has 0 rings (SSSR count). The van der Waals surface area contributed by atoms with Crippen molar-refractivity contribution >= 4 is 17.8 Å². The van der Waals surface area contributed by atoms with E-state index in [2.05, 4.69) is 10.1 Å². The normalized spacial score (nSPS) is 13.5. The van der Waals surface area contributed by atoms with Crippen LogP contribution in [-0.4, -0.2) is 42.1 Å². The van der Waals surface area contributed by atoms with E-state index in [0.29, 0.717) is 6.42 Å². The van der Waals surface area contributed by atoms with E-state index in [0.717, 1.165) is 6.42 Å². The highest BCUT2D eigenvalue weighted by Gasteiger charge is 2.23. The van der Waals surface area contributed by atoms with E-state index >= 15 is 0 Å². The van der Waals surface area contributed by atoms with E-state index in [-0.39, 0.29) is 12.8 Å². The number of carbonyl (C=O) groups is 3. The van der Waals surface area contributed by atoms with Crippen LogP contribution in [0.1, 0.15) is 32.6 Å². The Kier molecular flexibility index (Phi) is 7.69. The first kappa shape index (κ1) is 16.4. The standard InChI is InChI=1S/C11H20N2O5/c1-3-4-7(12)10(15)13-8(11(16)17)5-6-9(14)18-2/h7-8H,3-6,12H2,1-2H3,(H,13,15)(H,16,17)/t7-,8-/m1/s1. The molecule has 0 aromatic heterocycles. The summed E-state index contributed by atoms with van der Waals surface area (Å²) in [5.41, 5.74) is 5.56. The van der Waals surface area contributed by atoms with Gasteiger partial charge in [0.2, 0.25) is 5.91 Å². The van der Waals surface area contributed by atoms with Gasteiger partial charge in [-0.25, -0.2) is 4.79 Å². The summed E-state index contributed by atoms with van der Waals surface area (Å²) in [6.45, 7) is 1.87. The van der Waals surface area contributed by atoms with Gasteiger partial charge in [0.05, 0.1) is 13.2 Å². The van der Waals surface area contributed by atoms with E-state index in [1.54, 1.807) is 0 Å². The van der Waals surface area contributed by atoms with Crippen LogP contribution in [0.4, 0.5) is 0 Å². The second kappa shape index (κ2) is 8.46. The van der Waals surface area contributed by atoms with Crippen LogP contribution >= 0.6 is 0 Å². The number of carbonyl (C=O) groups excluding carboxylic acids is 2. The summed E-state index contributed by atoms with van der Waals surface area (Å²) in [5.74, 6) is -2.24. The predicted octanol–water partition coefficient (Wildman–Crippen LogP) is -0.364. The number of nitrogens with two attached hydrogens (primary N) is 1. The Morgan fingerprint density at radius 3 is 2.39 bits per heavy atom. The summed E-state index contributed by atoms with van der Waals surface area (Å²) < 4.78 is 4.40. The van der Waals surface area contributed by atoms with Crippen LogP contribution in [0.25, 0.3) is 0 Å². The first-order chi connectivity index (χ1) is 8.42. The summed E-state index contributed by atoms with van der Waals surface area (Å²) in [6, 6.07) is -1.85. The molecule has 2 atom stereocenters. The van der Waals surface area contributed by atoms with Crippen molar-refractivity contribution in [1.29, 1.82) is 0 Å². The highest BCUT2D eigenvalue weighted by Crippen LogP contribution is 2.01. The molecule has 0 bridgehead atoms. The molecule has 7 heteroatoms. The smallest absolute Gasteiger partial charge is 0.326 e. The Bertz CT molecular complexity index is 306. The fourth-order valence-corrected chi connectivity index (χ4v) is 1.34. The van der Waals surface area contributed by atoms with Crippen LogP contribution in [-0.2, 0) is 19.1 Å². The van der Waals surface area contributed by atoms with Crippen molar-refractivity contribution in [3.05, 3.63) is 0 Å². The van der Waals surface area contributed by atoms with Gasteiger partial charge in [0.25, 0.3) is 0 Å². The number of rotatable bonds is 8. The lowest BCUT2D eigenvalue weighted by molar-refractivity contribution is -0.144. The molecule has 1 amide bonds. The van der Waals surface area contributed by atoms with Crippen molar-refractivity contribution in [3.8, 4) is 0 Å². The molecule has 0 aromatic rings. The van der Waals surface area contributed by atoms with Gasteiger partial charge in [-0.1, -0.05) is 13.3 Å². The van der Waals surface area contributed by atoms with Gasteiger partial charge in [-0.2, -0.15) is 0 Å². The minimum atomic E-state index is -1.20. The molecule has 0 spiro atoms. The molecule has 104 valence electrons. The molecule has 0 heterocycles. The van der Waals surface area contributed by atoms with E-state index in [4.69, 9.17) is 10.8 Å². The number of nitrogens with one attached hydrogen (secondary N) is 1. The zero-order chi connectivity index (χ0) is 14.1. The second-order valence-corrected chi connectivity index (χ2v) is 3.91. The average Bonchev–Trinajstić information content (AvgIpc) is 2.33. The third-order valence-electron chi connectivity index (χ3n) is 2.42. The number of carboxylic acid groups (broad SMARTS) is 1. The van der Waals surface area contributed by atoms with Crippen LogP contribution in [0.2, 0.25) is 0 Å². The van der Waals surface area contributed by atoms with Gasteiger partial charge in [-0.3, -0.25) is 9.59 Å². The third kappa shape index (κ3) is 6.19. The van der Waals surface area contributed by atoms with Gasteiger partial charge in [0.1, 0.15) is 6.04 Å². The van der Waals surface area contributed by atoms with Gasteiger partial charge in [-0.05, 0) is 12.8 Å². The van der Waals surface area contributed by atoms with Gasteiger partial charge in [-0.15, -0.1) is 0 Å². The zero-order valence-corrected chi connectivity index (χ0v) is 10.6. The van der Waals surface area contributed by atoms with Gasteiger partial charge in [0, 0.05) is 6.42 Å². The molecule has 7 nitrogen and oxygen atoms in total. The summed E-state index contributed by atoms with van der Waals surface area (Å²) in [6.07, 6.45) is 1.12. The highest BCUT2D eigenvalue weighted by molar-refractivity contribution is 5.87. The van der Waals surface area contributed by atoms with E-state index in [1.165, 1.54) is 7.11 Å². The first-order valence-electron chi connectivity index (χ1n) is 5.77. The molecular formula is C11H20N2O5. The lowest BCUT2D eigenvalue weighted by Crippen LogP contribution is -2.48. The van der Waals surface area contributed by atoms with Crippen molar-refractivity contribution in [2.75, 3.05) is 7.11 Å². The zero-order valence-electron chi connectivity index (χ0n) is 10.6. The second-order valence-electron chi connectivity index (χ2n) is 3.91. The Labute approximate surface area is 106 Å². The molecule has 0 saturated heterocycles. The Morgan fingerprint density at radius 2 is 1.94 bits per heavy atom. The van der Waals surface area contributed by atoms with Crippen LogP contribution in [0.15, 0.2) is 0 Å². The number of hydrogen-bond donors (Lipinski definition) is 3. The Balaban J connectivity index is 4.31. The van der Waals surface area contributed by atoms with Crippen molar-refractivity contribution in [1.82, 2.24) is 5.32 Å². The van der Waals surface area contributed by atoms with Crippen LogP contribution in [0.3, 0.4) is 0 Å². The molecule has 18 heavy (non-hydrogen) atoms. The minimum absolute atomic E-state index is 0.0212. The number of methoxy groups -OCH3 is 1. The molecule has 0 aliphatic rings. The van der Waals surface area contributed by atoms with Crippen molar-refractivity contribution < 1.29 is 24.2 Å². The van der Waals surface area contributed by atoms with Crippen molar-refractivity contribution in [3.63, 3.8) is 0 Å². The van der Waals surface area contributed by atoms with E-state index < -0.39 is 29.9 Å². The van der Waals surface area contributed by atoms with Crippen LogP contribution < -0.4 is 11.1 Å². The third-order valence-corrected chi connectivity index (χ3v) is 2.42. The lowest BCUT2D eigenvalue weighted by atomic mass is 10.1. The van der Waals surface area contributed by atoms with Gasteiger partial charge < -0.3 is 20.9 Å². The molecular weight excluding hydrogens is 240 g/mol. The maximum Gasteiger partial charge on any atom is 0.326 e. The summed E-state index contributed by atoms with van der Waals surface area (Å²) in [7, 11) is 1.22. The molecule has 0 fully saturated rings. The summed E-state index contributed by atoms with van der Waals surface area (Å²) >= 11 is 0. The Morgan fingerprint density at radius 1 is 1.33 bits per heavy atom. The molecule has 0 radical (unpaired) electrons. The van der Waals surface area contributed by atoms with Crippen molar-refractivity contribution in [2.45, 2.75) is 44.7 Å². The Hall–Kier alpha value is -1.63. The quantitative estimate of drug-likeness (QED) is 0.513. The molecule has 0 saturated carbocycles. The maximum absolute atomic E-state index is 11.5. The van der Waals surface area contributed by atoms with E-state index in [9.17, 15) is 14.4 Å². The van der Waals surface area contributed by atoms with Gasteiger partial charge >= 0.3 is 11.9 Å². The summed E-state index contributed by atoms with van der Waals surface area (Å²) in [4.78, 5) is 33.4. The molecule has 0 aliphatic heterocycles. The fourth-order valence-electron chi connectivity index (χ4n) is 1.34. The predicted molar refractivity (Wildman–Crippen MR) is 63.7 cm³/mol. The summed E-state index contributed by atoms with van der Waals surface area (Å²) in [5, 5.41) is 11.2. The highest BCUT2D eigenvalue weighted by atomic mass is 16.5. The fraction of sp³-hybridized carbons (Fsp3) is 0.727. The number of carboxylic acids is 1. The van der Waals surface area contributed by atoms with Crippen LogP contribution in [0.5, 0.6) is 0 Å². The number of aliphatic carboxylic acids is 1. The van der Waals surface area contributed by atoms with Crippen molar-refractivity contribution in [2.24, 2.45) is 5.73 Å². The number of amides is 1. The minimum Gasteiger partial charge on any atom is -0.480 e. The number of ether oxygens (including phenoxy) is 1. The first-order valence-corrected chi connectivity index (χ1v) is 5.77. The molecule has 0 aromatic carbocycles. The largest absolute Gasteiger partial charge is 0.480 e. The topological polar surface area (TPSA) is 119 Å². The monoisotopic (exact) mass is 260 g/mol. The average molecular weight is 260 g/mol. The molecule has 4 N–H and O–H groups in total. The molecule has 0 unspecified atom stereocenters. The SMILES string of the molecule is CCC[C@@H](N)C(=O)N[C@H](CCC(=O)OC)C(=O)O. The maximum atomic E-state index is 11.5.